The van der Waals surface area contributed by atoms with Gasteiger partial charge in [0.15, 0.2) is 0 Å². The van der Waals surface area contributed by atoms with Gasteiger partial charge in [-0.25, -0.2) is 0 Å². The van der Waals surface area contributed by atoms with E-state index in [1.807, 2.05) is 6.07 Å². The highest BCUT2D eigenvalue weighted by molar-refractivity contribution is 5.37. The molecule has 72 valence electrons. The van der Waals surface area contributed by atoms with Gasteiger partial charge in [-0.2, -0.15) is 0 Å². The first-order valence-electron chi connectivity index (χ1n) is 4.92. The molecule has 0 unspecified atom stereocenters. The molecule has 14 heavy (non-hydrogen) atoms. The van der Waals surface area contributed by atoms with E-state index in [0.29, 0.717) is 5.92 Å². The van der Waals surface area contributed by atoms with Crippen molar-refractivity contribution in [3.63, 3.8) is 0 Å². The van der Waals surface area contributed by atoms with Gasteiger partial charge in [0.1, 0.15) is 6.61 Å². The van der Waals surface area contributed by atoms with Gasteiger partial charge in [0.25, 0.3) is 0 Å². The lowest BCUT2D eigenvalue weighted by molar-refractivity contribution is 0.350. The van der Waals surface area contributed by atoms with Gasteiger partial charge in [-0.3, -0.25) is 0 Å². The van der Waals surface area contributed by atoms with Crippen LogP contribution in [0.25, 0.3) is 0 Å². The summed E-state index contributed by atoms with van der Waals surface area (Å²) in [5.74, 6) is 6.26. The Bertz CT molecular complexity index is 371. The van der Waals surface area contributed by atoms with E-state index >= 15 is 0 Å². The van der Waals surface area contributed by atoms with Crippen LogP contribution in [0.2, 0.25) is 0 Å². The highest BCUT2D eigenvalue weighted by Gasteiger charge is 2.50. The quantitative estimate of drug-likeness (QED) is 0.665. The SMILES string of the molecule is C[C@@]1(c2ccccc2)C[C@H]1C#CCO. The molecule has 0 saturated heterocycles. The van der Waals surface area contributed by atoms with E-state index in [9.17, 15) is 0 Å². The molecule has 0 spiro atoms. The fraction of sp³-hybridized carbons (Fsp3) is 0.385. The van der Waals surface area contributed by atoms with Gasteiger partial charge >= 0.3 is 0 Å². The van der Waals surface area contributed by atoms with Crippen molar-refractivity contribution in [1.29, 1.82) is 0 Å². The first-order chi connectivity index (χ1) is 6.77. The third-order valence-corrected chi connectivity index (χ3v) is 3.03. The summed E-state index contributed by atoms with van der Waals surface area (Å²) < 4.78 is 0. The average Bonchev–Trinajstić information content (AvgIpc) is 2.90. The molecule has 1 aliphatic rings. The molecule has 1 fully saturated rings. The summed E-state index contributed by atoms with van der Waals surface area (Å²) in [6, 6.07) is 10.5. The van der Waals surface area contributed by atoms with Gasteiger partial charge in [-0.05, 0) is 12.0 Å². The fourth-order valence-corrected chi connectivity index (χ4v) is 1.88. The Kier molecular flexibility index (Phi) is 2.31. The predicted octanol–water partition coefficient (Wildman–Crippen LogP) is 1.96. The summed E-state index contributed by atoms with van der Waals surface area (Å²) in [6.07, 6.45) is 1.12. The summed E-state index contributed by atoms with van der Waals surface area (Å²) in [6.45, 7) is 2.21. The van der Waals surface area contributed by atoms with Gasteiger partial charge in [0.2, 0.25) is 0 Å². The molecule has 1 aromatic carbocycles. The van der Waals surface area contributed by atoms with Crippen molar-refractivity contribution in [2.45, 2.75) is 18.8 Å². The molecule has 2 atom stereocenters. The molecule has 0 heterocycles. The summed E-state index contributed by atoms with van der Waals surface area (Å²) in [5.41, 5.74) is 1.58. The maximum atomic E-state index is 8.61. The van der Waals surface area contributed by atoms with Gasteiger partial charge in [-0.15, -0.1) is 0 Å². The van der Waals surface area contributed by atoms with Crippen molar-refractivity contribution in [3.05, 3.63) is 35.9 Å². The van der Waals surface area contributed by atoms with Crippen LogP contribution in [0.5, 0.6) is 0 Å². The van der Waals surface area contributed by atoms with Crippen molar-refractivity contribution in [1.82, 2.24) is 0 Å². The van der Waals surface area contributed by atoms with E-state index in [1.54, 1.807) is 0 Å². The number of hydrogen-bond donors (Lipinski definition) is 1. The average molecular weight is 186 g/mol. The molecule has 1 heteroatoms. The Morgan fingerprint density at radius 2 is 2.14 bits per heavy atom. The summed E-state index contributed by atoms with van der Waals surface area (Å²) in [7, 11) is 0. The molecule has 1 saturated carbocycles. The van der Waals surface area contributed by atoms with Crippen molar-refractivity contribution in [3.8, 4) is 11.8 Å². The molecule has 0 bridgehead atoms. The smallest absolute Gasteiger partial charge is 0.104 e. The lowest BCUT2D eigenvalue weighted by Crippen LogP contribution is -2.02. The number of rotatable bonds is 1. The molecular formula is C13H14O. The predicted molar refractivity (Wildman–Crippen MR) is 56.8 cm³/mol. The molecule has 2 rings (SSSR count). The van der Waals surface area contributed by atoms with Crippen molar-refractivity contribution < 1.29 is 5.11 Å². The Morgan fingerprint density at radius 1 is 1.43 bits per heavy atom. The summed E-state index contributed by atoms with van der Waals surface area (Å²) >= 11 is 0. The van der Waals surface area contributed by atoms with Crippen LogP contribution in [-0.2, 0) is 5.41 Å². The minimum atomic E-state index is -0.0264. The minimum absolute atomic E-state index is 0.0264. The molecule has 1 nitrogen and oxygen atoms in total. The van der Waals surface area contributed by atoms with E-state index in [0.717, 1.165) is 6.42 Å². The largest absolute Gasteiger partial charge is 0.384 e. The number of benzene rings is 1. The molecule has 1 N–H and O–H groups in total. The van der Waals surface area contributed by atoms with Crippen LogP contribution in [0.15, 0.2) is 30.3 Å². The number of aliphatic hydroxyl groups excluding tert-OH is 1. The van der Waals surface area contributed by atoms with E-state index in [1.165, 1.54) is 5.56 Å². The summed E-state index contributed by atoms with van der Waals surface area (Å²) in [5, 5.41) is 8.61. The Labute approximate surface area is 84.8 Å². The highest BCUT2D eigenvalue weighted by atomic mass is 16.2. The van der Waals surface area contributed by atoms with Crippen LogP contribution < -0.4 is 0 Å². The normalized spacial score (nSPS) is 29.1. The molecule has 0 aliphatic heterocycles. The van der Waals surface area contributed by atoms with Crippen LogP contribution in [0.3, 0.4) is 0 Å². The zero-order valence-corrected chi connectivity index (χ0v) is 8.33. The van der Waals surface area contributed by atoms with Crippen molar-refractivity contribution in [2.24, 2.45) is 5.92 Å². The zero-order valence-electron chi connectivity index (χ0n) is 8.33. The highest BCUT2D eigenvalue weighted by Crippen LogP contribution is 2.53. The maximum absolute atomic E-state index is 8.61. The maximum Gasteiger partial charge on any atom is 0.104 e. The number of aliphatic hydroxyl groups is 1. The zero-order chi connectivity index (χ0) is 10.0. The minimum Gasteiger partial charge on any atom is -0.384 e. The van der Waals surface area contributed by atoms with Crippen LogP contribution in [0, 0.1) is 17.8 Å². The lowest BCUT2D eigenvalue weighted by Gasteiger charge is -2.08. The molecule has 1 aromatic rings. The molecular weight excluding hydrogens is 172 g/mol. The third-order valence-electron chi connectivity index (χ3n) is 3.03. The first kappa shape index (κ1) is 9.30. The Hall–Kier alpha value is -1.26. The topological polar surface area (TPSA) is 20.2 Å². The van der Waals surface area contributed by atoms with Gasteiger partial charge in [-0.1, -0.05) is 49.1 Å². The first-order valence-corrected chi connectivity index (χ1v) is 4.92. The van der Waals surface area contributed by atoms with Crippen molar-refractivity contribution in [2.75, 3.05) is 6.61 Å². The molecule has 0 aromatic heterocycles. The van der Waals surface area contributed by atoms with Gasteiger partial charge in [0, 0.05) is 11.3 Å². The third kappa shape index (κ3) is 1.54. The second-order valence-corrected chi connectivity index (χ2v) is 4.02. The molecule has 1 aliphatic carbocycles. The number of hydrogen-bond acceptors (Lipinski definition) is 1. The van der Waals surface area contributed by atoms with Crippen LogP contribution in [-0.4, -0.2) is 11.7 Å². The lowest BCUT2D eigenvalue weighted by atomic mass is 9.96. The van der Waals surface area contributed by atoms with E-state index in [2.05, 4.69) is 43.0 Å². The van der Waals surface area contributed by atoms with E-state index < -0.39 is 0 Å². The van der Waals surface area contributed by atoms with Crippen LogP contribution in [0.4, 0.5) is 0 Å². The second kappa shape index (κ2) is 3.48. The second-order valence-electron chi connectivity index (χ2n) is 4.02. The van der Waals surface area contributed by atoms with Crippen LogP contribution in [0.1, 0.15) is 18.9 Å². The Balaban J connectivity index is 2.15. The van der Waals surface area contributed by atoms with Gasteiger partial charge < -0.3 is 5.11 Å². The standard InChI is InChI=1S/C13H14O/c1-13(10-12(13)8-5-9-14)11-6-3-2-4-7-11/h2-4,6-7,12,14H,9-10H2,1H3/t12-,13+/m1/s1. The van der Waals surface area contributed by atoms with E-state index in [-0.39, 0.29) is 12.0 Å². The monoisotopic (exact) mass is 186 g/mol. The van der Waals surface area contributed by atoms with Crippen LogP contribution >= 0.6 is 0 Å². The van der Waals surface area contributed by atoms with E-state index in [4.69, 9.17) is 5.11 Å². The molecule has 0 amide bonds. The Morgan fingerprint density at radius 3 is 2.79 bits per heavy atom. The molecule has 0 radical (unpaired) electrons. The van der Waals surface area contributed by atoms with Crippen molar-refractivity contribution >= 4 is 0 Å². The fourth-order valence-electron chi connectivity index (χ4n) is 1.88. The van der Waals surface area contributed by atoms with Gasteiger partial charge in [0.05, 0.1) is 0 Å². The summed E-state index contributed by atoms with van der Waals surface area (Å²) in [4.78, 5) is 0.